The highest BCUT2D eigenvalue weighted by Gasteiger charge is 2.35. The van der Waals surface area contributed by atoms with Gasteiger partial charge in [0.1, 0.15) is 0 Å². The van der Waals surface area contributed by atoms with Crippen molar-refractivity contribution in [1.29, 1.82) is 0 Å². The first-order valence-corrected chi connectivity index (χ1v) is 6.48. The Morgan fingerprint density at radius 2 is 1.81 bits per heavy atom. The SMILES string of the molecule is CN(CC1(CN)CCCCC1)C(C)(C)CO. The van der Waals surface area contributed by atoms with Crippen LogP contribution in [-0.2, 0) is 0 Å². The first-order valence-electron chi connectivity index (χ1n) is 6.48. The third-order valence-corrected chi connectivity index (χ3v) is 4.34. The smallest absolute Gasteiger partial charge is 0.0609 e. The predicted molar refractivity (Wildman–Crippen MR) is 68.4 cm³/mol. The van der Waals surface area contributed by atoms with Gasteiger partial charge in [0, 0.05) is 12.1 Å². The van der Waals surface area contributed by atoms with Gasteiger partial charge in [-0.15, -0.1) is 0 Å². The van der Waals surface area contributed by atoms with Gasteiger partial charge in [-0.1, -0.05) is 19.3 Å². The van der Waals surface area contributed by atoms with E-state index < -0.39 is 0 Å². The van der Waals surface area contributed by atoms with Gasteiger partial charge in [0.05, 0.1) is 6.61 Å². The second kappa shape index (κ2) is 5.48. The summed E-state index contributed by atoms with van der Waals surface area (Å²) in [6, 6.07) is 0. The Bertz CT molecular complexity index is 210. The van der Waals surface area contributed by atoms with Gasteiger partial charge < -0.3 is 10.8 Å². The van der Waals surface area contributed by atoms with E-state index in [-0.39, 0.29) is 12.1 Å². The Labute approximate surface area is 100 Å². The summed E-state index contributed by atoms with van der Waals surface area (Å²) in [7, 11) is 2.10. The van der Waals surface area contributed by atoms with E-state index in [1.165, 1.54) is 32.1 Å². The lowest BCUT2D eigenvalue weighted by Crippen LogP contribution is -2.51. The second-order valence-corrected chi connectivity index (χ2v) is 6.09. The van der Waals surface area contributed by atoms with Crippen LogP contribution in [-0.4, -0.2) is 42.3 Å². The van der Waals surface area contributed by atoms with E-state index >= 15 is 0 Å². The van der Waals surface area contributed by atoms with E-state index in [2.05, 4.69) is 25.8 Å². The molecule has 96 valence electrons. The van der Waals surface area contributed by atoms with Gasteiger partial charge in [-0.3, -0.25) is 4.90 Å². The first-order chi connectivity index (χ1) is 7.46. The summed E-state index contributed by atoms with van der Waals surface area (Å²) < 4.78 is 0. The number of nitrogens with zero attached hydrogens (tertiary/aromatic N) is 1. The fourth-order valence-corrected chi connectivity index (χ4v) is 2.57. The third-order valence-electron chi connectivity index (χ3n) is 4.34. The van der Waals surface area contributed by atoms with Crippen LogP contribution in [0.5, 0.6) is 0 Å². The minimum Gasteiger partial charge on any atom is -0.394 e. The average Bonchev–Trinajstić information content (AvgIpc) is 2.30. The van der Waals surface area contributed by atoms with Gasteiger partial charge in [-0.05, 0) is 45.7 Å². The quantitative estimate of drug-likeness (QED) is 0.751. The van der Waals surface area contributed by atoms with Gasteiger partial charge in [0.2, 0.25) is 0 Å². The van der Waals surface area contributed by atoms with Gasteiger partial charge in [-0.25, -0.2) is 0 Å². The van der Waals surface area contributed by atoms with Crippen LogP contribution in [0.1, 0.15) is 46.0 Å². The van der Waals surface area contributed by atoms with Crippen LogP contribution in [0, 0.1) is 5.41 Å². The molecule has 0 aromatic carbocycles. The number of hydrogen-bond acceptors (Lipinski definition) is 3. The molecular weight excluding hydrogens is 200 g/mol. The standard InChI is InChI=1S/C13H28N2O/c1-12(2,11-16)15(3)10-13(9-14)7-5-4-6-8-13/h16H,4-11,14H2,1-3H3. The monoisotopic (exact) mass is 228 g/mol. The van der Waals surface area contributed by atoms with Crippen molar-refractivity contribution < 1.29 is 5.11 Å². The number of likely N-dealkylation sites (N-methyl/N-ethyl adjacent to an activating group) is 1. The Morgan fingerprint density at radius 3 is 2.25 bits per heavy atom. The van der Waals surface area contributed by atoms with E-state index in [4.69, 9.17) is 5.73 Å². The van der Waals surface area contributed by atoms with E-state index in [1.54, 1.807) is 0 Å². The van der Waals surface area contributed by atoms with Crippen molar-refractivity contribution in [3.8, 4) is 0 Å². The molecule has 1 rings (SSSR count). The van der Waals surface area contributed by atoms with E-state index in [0.29, 0.717) is 5.41 Å². The average molecular weight is 228 g/mol. The summed E-state index contributed by atoms with van der Waals surface area (Å²) in [6.45, 7) is 6.15. The molecule has 0 saturated heterocycles. The summed E-state index contributed by atoms with van der Waals surface area (Å²) in [5, 5.41) is 9.38. The van der Waals surface area contributed by atoms with E-state index in [1.807, 2.05) is 0 Å². The van der Waals surface area contributed by atoms with Crippen LogP contribution in [0.15, 0.2) is 0 Å². The number of aliphatic hydroxyl groups is 1. The lowest BCUT2D eigenvalue weighted by Gasteiger charge is -2.44. The van der Waals surface area contributed by atoms with Crippen molar-refractivity contribution in [2.45, 2.75) is 51.5 Å². The number of aliphatic hydroxyl groups excluding tert-OH is 1. The predicted octanol–water partition coefficient (Wildman–Crippen LogP) is 1.60. The fraction of sp³-hybridized carbons (Fsp3) is 1.00. The molecule has 0 atom stereocenters. The molecule has 3 nitrogen and oxygen atoms in total. The molecule has 0 aliphatic heterocycles. The molecule has 0 bridgehead atoms. The topological polar surface area (TPSA) is 49.5 Å². The second-order valence-electron chi connectivity index (χ2n) is 6.09. The summed E-state index contributed by atoms with van der Waals surface area (Å²) >= 11 is 0. The van der Waals surface area contributed by atoms with E-state index in [0.717, 1.165) is 13.1 Å². The largest absolute Gasteiger partial charge is 0.394 e. The maximum Gasteiger partial charge on any atom is 0.0609 e. The third kappa shape index (κ3) is 3.19. The molecule has 1 aliphatic carbocycles. The molecule has 1 aliphatic rings. The minimum atomic E-state index is -0.139. The number of hydrogen-bond donors (Lipinski definition) is 2. The molecule has 0 aromatic heterocycles. The first kappa shape index (κ1) is 13.9. The highest BCUT2D eigenvalue weighted by atomic mass is 16.3. The summed E-state index contributed by atoms with van der Waals surface area (Å²) in [6.07, 6.45) is 6.47. The zero-order chi connectivity index (χ0) is 12.2. The van der Waals surface area contributed by atoms with Crippen LogP contribution in [0.25, 0.3) is 0 Å². The van der Waals surface area contributed by atoms with Gasteiger partial charge in [0.25, 0.3) is 0 Å². The lowest BCUT2D eigenvalue weighted by atomic mass is 9.73. The molecule has 0 unspecified atom stereocenters. The van der Waals surface area contributed by atoms with Crippen LogP contribution >= 0.6 is 0 Å². The number of nitrogens with two attached hydrogens (primary N) is 1. The molecule has 0 radical (unpaired) electrons. The Morgan fingerprint density at radius 1 is 1.25 bits per heavy atom. The molecule has 0 heterocycles. The van der Waals surface area contributed by atoms with Crippen LogP contribution in [0.4, 0.5) is 0 Å². The van der Waals surface area contributed by atoms with Crippen molar-refractivity contribution in [1.82, 2.24) is 4.90 Å². The van der Waals surface area contributed by atoms with Crippen LogP contribution in [0.2, 0.25) is 0 Å². The Kier molecular flexibility index (Phi) is 4.77. The molecule has 0 amide bonds. The summed E-state index contributed by atoms with van der Waals surface area (Å²) in [5.74, 6) is 0. The van der Waals surface area contributed by atoms with Crippen molar-refractivity contribution >= 4 is 0 Å². The summed E-state index contributed by atoms with van der Waals surface area (Å²) in [4.78, 5) is 2.27. The minimum absolute atomic E-state index is 0.139. The highest BCUT2D eigenvalue weighted by molar-refractivity contribution is 4.90. The molecule has 0 spiro atoms. The summed E-state index contributed by atoms with van der Waals surface area (Å²) in [5.41, 5.74) is 6.13. The molecule has 1 saturated carbocycles. The lowest BCUT2D eigenvalue weighted by molar-refractivity contribution is 0.0293. The zero-order valence-electron chi connectivity index (χ0n) is 11.1. The van der Waals surface area contributed by atoms with Crippen molar-refractivity contribution in [3.63, 3.8) is 0 Å². The molecular formula is C13H28N2O. The van der Waals surface area contributed by atoms with Gasteiger partial charge >= 0.3 is 0 Å². The van der Waals surface area contributed by atoms with Crippen LogP contribution < -0.4 is 5.73 Å². The maximum atomic E-state index is 9.38. The Balaban J connectivity index is 2.62. The van der Waals surface area contributed by atoms with Crippen molar-refractivity contribution in [2.24, 2.45) is 11.1 Å². The highest BCUT2D eigenvalue weighted by Crippen LogP contribution is 2.36. The maximum absolute atomic E-state index is 9.38. The van der Waals surface area contributed by atoms with Gasteiger partial charge in [0.15, 0.2) is 0 Å². The van der Waals surface area contributed by atoms with Crippen LogP contribution in [0.3, 0.4) is 0 Å². The molecule has 0 aromatic rings. The molecule has 16 heavy (non-hydrogen) atoms. The molecule has 3 heteroatoms. The molecule has 3 N–H and O–H groups in total. The van der Waals surface area contributed by atoms with Crippen molar-refractivity contribution in [3.05, 3.63) is 0 Å². The Hall–Kier alpha value is -0.120. The van der Waals surface area contributed by atoms with E-state index in [9.17, 15) is 5.11 Å². The fourth-order valence-electron chi connectivity index (χ4n) is 2.57. The zero-order valence-corrected chi connectivity index (χ0v) is 11.1. The van der Waals surface area contributed by atoms with Crippen molar-refractivity contribution in [2.75, 3.05) is 26.7 Å². The van der Waals surface area contributed by atoms with Gasteiger partial charge in [-0.2, -0.15) is 0 Å². The normalized spacial score (nSPS) is 21.4. The molecule has 1 fully saturated rings. The number of rotatable bonds is 5.